The molecule has 10 heteroatoms. The van der Waals surface area contributed by atoms with Crippen LogP contribution in [-0.4, -0.2) is 19.3 Å². The summed E-state index contributed by atoms with van der Waals surface area (Å²) in [5, 5.41) is 5.88. The first kappa shape index (κ1) is 16.6. The Morgan fingerprint density at radius 1 is 1.17 bits per heavy atom. The van der Waals surface area contributed by atoms with E-state index >= 15 is 0 Å². The number of anilines is 1. The molecule has 0 atom stereocenters. The predicted octanol–water partition coefficient (Wildman–Crippen LogP) is 3.36. The molecular formula is C14H9FN2O4S3. The molecule has 0 unspecified atom stereocenters. The second-order valence-electron chi connectivity index (χ2n) is 4.38. The van der Waals surface area contributed by atoms with Crippen LogP contribution in [0.1, 0.15) is 10.4 Å². The lowest BCUT2D eigenvalue weighted by Crippen LogP contribution is -2.16. The van der Waals surface area contributed by atoms with Gasteiger partial charge in [-0.3, -0.25) is 10.1 Å². The van der Waals surface area contributed by atoms with E-state index in [0.29, 0.717) is 16.5 Å². The fourth-order valence-corrected chi connectivity index (χ4v) is 4.31. The molecule has 1 amide bonds. The van der Waals surface area contributed by atoms with E-state index in [2.05, 4.69) is 10.3 Å². The number of para-hydroxylation sites is 1. The number of hydrogen-bond donors (Lipinski definition) is 1. The fourth-order valence-electron chi connectivity index (χ4n) is 1.79. The number of carbonyl (C=O) groups excluding carboxylic acids is 1. The second kappa shape index (κ2) is 6.67. The van der Waals surface area contributed by atoms with Crippen LogP contribution in [0.5, 0.6) is 5.75 Å². The van der Waals surface area contributed by atoms with Crippen molar-refractivity contribution >= 4 is 43.8 Å². The standard InChI is InChI=1S/C14H9FN2O4S3/c15-10-5-7-22-13(10)24(19,20)21-11-4-2-1-3-9(11)12(18)17-14-16-6-8-23-14/h1-8H,(H,16,17,18). The molecule has 0 spiro atoms. The number of aromatic nitrogens is 1. The van der Waals surface area contributed by atoms with E-state index < -0.39 is 26.1 Å². The van der Waals surface area contributed by atoms with E-state index in [1.807, 2.05) is 0 Å². The van der Waals surface area contributed by atoms with E-state index in [1.165, 1.54) is 41.1 Å². The lowest BCUT2D eigenvalue weighted by molar-refractivity contribution is 0.102. The van der Waals surface area contributed by atoms with Gasteiger partial charge in [-0.05, 0) is 23.6 Å². The fraction of sp³-hybridized carbons (Fsp3) is 0. The average Bonchev–Trinajstić information content (AvgIpc) is 3.19. The minimum atomic E-state index is -4.37. The van der Waals surface area contributed by atoms with Crippen LogP contribution in [0.25, 0.3) is 0 Å². The molecule has 2 aromatic heterocycles. The highest BCUT2D eigenvalue weighted by atomic mass is 32.3. The Hall–Kier alpha value is -2.30. The largest absolute Gasteiger partial charge is 0.377 e. The molecule has 24 heavy (non-hydrogen) atoms. The zero-order valence-electron chi connectivity index (χ0n) is 11.8. The second-order valence-corrected chi connectivity index (χ2v) is 7.93. The van der Waals surface area contributed by atoms with Crippen LogP contribution >= 0.6 is 22.7 Å². The number of hydrogen-bond acceptors (Lipinski definition) is 7. The van der Waals surface area contributed by atoms with Crippen LogP contribution in [0.4, 0.5) is 9.52 Å². The molecule has 2 heterocycles. The third-order valence-electron chi connectivity index (χ3n) is 2.80. The summed E-state index contributed by atoms with van der Waals surface area (Å²) < 4.78 is 42.3. The molecule has 0 saturated carbocycles. The number of rotatable bonds is 5. The van der Waals surface area contributed by atoms with Gasteiger partial charge < -0.3 is 4.18 Å². The van der Waals surface area contributed by atoms with Crippen molar-refractivity contribution in [3.63, 3.8) is 0 Å². The molecule has 3 rings (SSSR count). The zero-order chi connectivity index (χ0) is 17.2. The lowest BCUT2D eigenvalue weighted by Gasteiger charge is -2.10. The van der Waals surface area contributed by atoms with Crippen molar-refractivity contribution in [3.05, 3.63) is 58.7 Å². The van der Waals surface area contributed by atoms with E-state index in [0.717, 1.165) is 6.07 Å². The summed E-state index contributed by atoms with van der Waals surface area (Å²) >= 11 is 1.91. The number of nitrogens with one attached hydrogen (secondary N) is 1. The van der Waals surface area contributed by atoms with E-state index in [4.69, 9.17) is 4.18 Å². The van der Waals surface area contributed by atoms with Crippen LogP contribution < -0.4 is 9.50 Å². The molecule has 124 valence electrons. The van der Waals surface area contributed by atoms with E-state index in [1.54, 1.807) is 11.4 Å². The Kier molecular flexibility index (Phi) is 4.60. The summed E-state index contributed by atoms with van der Waals surface area (Å²) in [5.74, 6) is -1.67. The Labute approximate surface area is 144 Å². The molecule has 1 aromatic carbocycles. The molecule has 0 bridgehead atoms. The van der Waals surface area contributed by atoms with Gasteiger partial charge in [0, 0.05) is 11.6 Å². The molecular weight excluding hydrogens is 375 g/mol. The Morgan fingerprint density at radius 2 is 1.96 bits per heavy atom. The maximum atomic E-state index is 13.5. The van der Waals surface area contributed by atoms with E-state index in [-0.39, 0.29) is 11.3 Å². The summed E-state index contributed by atoms with van der Waals surface area (Å²) in [7, 11) is -4.37. The van der Waals surface area contributed by atoms with Gasteiger partial charge in [0.05, 0.1) is 5.56 Å². The van der Waals surface area contributed by atoms with Crippen molar-refractivity contribution in [2.45, 2.75) is 4.21 Å². The quantitative estimate of drug-likeness (QED) is 0.682. The third-order valence-corrected chi connectivity index (χ3v) is 6.11. The minimum absolute atomic E-state index is 0.00626. The van der Waals surface area contributed by atoms with Gasteiger partial charge in [-0.15, -0.1) is 22.7 Å². The Morgan fingerprint density at radius 3 is 2.62 bits per heavy atom. The molecule has 0 aliphatic rings. The van der Waals surface area contributed by atoms with Gasteiger partial charge in [0.1, 0.15) is 0 Å². The van der Waals surface area contributed by atoms with Gasteiger partial charge in [-0.1, -0.05) is 12.1 Å². The normalized spacial score (nSPS) is 11.2. The number of nitrogens with zero attached hydrogens (tertiary/aromatic N) is 1. The van der Waals surface area contributed by atoms with Gasteiger partial charge in [0.2, 0.25) is 0 Å². The van der Waals surface area contributed by atoms with Gasteiger partial charge in [0.25, 0.3) is 5.91 Å². The number of thiazole rings is 1. The molecule has 0 fully saturated rings. The summed E-state index contributed by atoms with van der Waals surface area (Å²) in [6.45, 7) is 0. The van der Waals surface area contributed by atoms with Crippen molar-refractivity contribution < 1.29 is 21.8 Å². The Balaban J connectivity index is 1.90. The highest BCUT2D eigenvalue weighted by molar-refractivity contribution is 7.89. The number of amides is 1. The topological polar surface area (TPSA) is 85.4 Å². The van der Waals surface area contributed by atoms with Crippen LogP contribution in [0.15, 0.2) is 51.5 Å². The van der Waals surface area contributed by atoms with E-state index in [9.17, 15) is 17.6 Å². The van der Waals surface area contributed by atoms with Crippen molar-refractivity contribution in [2.75, 3.05) is 5.32 Å². The minimum Gasteiger partial charge on any atom is -0.377 e. The molecule has 0 radical (unpaired) electrons. The van der Waals surface area contributed by atoms with Crippen LogP contribution in [0.2, 0.25) is 0 Å². The highest BCUT2D eigenvalue weighted by Crippen LogP contribution is 2.28. The first-order valence-electron chi connectivity index (χ1n) is 6.45. The van der Waals surface area contributed by atoms with Crippen LogP contribution in [0, 0.1) is 5.82 Å². The zero-order valence-corrected chi connectivity index (χ0v) is 14.3. The lowest BCUT2D eigenvalue weighted by atomic mass is 10.2. The van der Waals surface area contributed by atoms with Gasteiger partial charge in [-0.25, -0.2) is 9.37 Å². The van der Waals surface area contributed by atoms with Crippen LogP contribution in [0.3, 0.4) is 0 Å². The van der Waals surface area contributed by atoms with Crippen molar-refractivity contribution in [1.82, 2.24) is 4.98 Å². The summed E-state index contributed by atoms with van der Waals surface area (Å²) in [4.78, 5) is 16.2. The number of halogens is 1. The highest BCUT2D eigenvalue weighted by Gasteiger charge is 2.25. The summed E-state index contributed by atoms with van der Waals surface area (Å²) in [6.07, 6.45) is 1.52. The number of thiophene rings is 1. The monoisotopic (exact) mass is 384 g/mol. The SMILES string of the molecule is O=C(Nc1nccs1)c1ccccc1OS(=O)(=O)c1sccc1F. The van der Waals surface area contributed by atoms with Crippen molar-refractivity contribution in [2.24, 2.45) is 0 Å². The smallest absolute Gasteiger partial charge is 0.351 e. The third kappa shape index (κ3) is 3.45. The van der Waals surface area contributed by atoms with Crippen molar-refractivity contribution in [3.8, 4) is 5.75 Å². The molecule has 6 nitrogen and oxygen atoms in total. The van der Waals surface area contributed by atoms with Gasteiger partial charge in [-0.2, -0.15) is 8.42 Å². The maximum absolute atomic E-state index is 13.5. The number of benzene rings is 1. The Bertz CT molecular complexity index is 968. The number of carbonyl (C=O) groups is 1. The molecule has 0 aliphatic heterocycles. The summed E-state index contributed by atoms with van der Waals surface area (Å²) in [6, 6.07) is 6.82. The predicted molar refractivity (Wildman–Crippen MR) is 88.6 cm³/mol. The first-order chi connectivity index (χ1) is 11.5. The van der Waals surface area contributed by atoms with Gasteiger partial charge in [0.15, 0.2) is 20.9 Å². The molecule has 0 aliphatic carbocycles. The summed E-state index contributed by atoms with van der Waals surface area (Å²) in [5.41, 5.74) is -0.00626. The maximum Gasteiger partial charge on any atom is 0.351 e. The molecule has 1 N–H and O–H groups in total. The first-order valence-corrected chi connectivity index (χ1v) is 9.61. The molecule has 3 aromatic rings. The van der Waals surface area contributed by atoms with Gasteiger partial charge >= 0.3 is 10.1 Å². The van der Waals surface area contributed by atoms with Crippen molar-refractivity contribution in [1.29, 1.82) is 0 Å². The molecule has 0 saturated heterocycles. The average molecular weight is 384 g/mol. The van der Waals surface area contributed by atoms with Crippen LogP contribution in [-0.2, 0) is 10.1 Å².